The molecule has 1 aromatic carbocycles. The third-order valence-corrected chi connectivity index (χ3v) is 6.41. The first-order chi connectivity index (χ1) is 13.5. The second-order valence-electron chi connectivity index (χ2n) is 9.29. The quantitative estimate of drug-likeness (QED) is 0.472. The van der Waals surface area contributed by atoms with Gasteiger partial charge in [-0.15, -0.1) is 0 Å². The number of anilines is 1. The van der Waals surface area contributed by atoms with Gasteiger partial charge in [-0.2, -0.15) is 5.26 Å². The molecule has 150 valence electrons. The van der Waals surface area contributed by atoms with Crippen LogP contribution in [0.3, 0.4) is 0 Å². The second-order valence-corrected chi connectivity index (χ2v) is 9.29. The number of aliphatic carboxylic acids is 1. The lowest BCUT2D eigenvalue weighted by Crippen LogP contribution is -2.44. The monoisotopic (exact) mass is 392 g/mol. The molecule has 2 aliphatic heterocycles. The number of carboxylic acid groups (broad SMARTS) is 1. The van der Waals surface area contributed by atoms with Crippen molar-refractivity contribution in [1.82, 2.24) is 0 Å². The zero-order chi connectivity index (χ0) is 21.1. The minimum Gasteiger partial charge on any atom is -0.477 e. The summed E-state index contributed by atoms with van der Waals surface area (Å²) < 4.78 is 5.76. The molecular formula is C23H24N2O4. The summed E-state index contributed by atoms with van der Waals surface area (Å²) >= 11 is 0. The molecule has 3 heterocycles. The molecule has 29 heavy (non-hydrogen) atoms. The molecule has 2 aromatic rings. The number of benzene rings is 1. The van der Waals surface area contributed by atoms with E-state index < -0.39 is 17.2 Å². The van der Waals surface area contributed by atoms with Crippen molar-refractivity contribution in [2.45, 2.75) is 51.4 Å². The Morgan fingerprint density at radius 2 is 1.86 bits per heavy atom. The van der Waals surface area contributed by atoms with Gasteiger partial charge in [-0.1, -0.05) is 27.7 Å². The third-order valence-electron chi connectivity index (χ3n) is 6.41. The molecule has 2 aliphatic rings. The zero-order valence-corrected chi connectivity index (χ0v) is 17.1. The maximum Gasteiger partial charge on any atom is 0.346 e. The molecule has 0 bridgehead atoms. The predicted octanol–water partition coefficient (Wildman–Crippen LogP) is 3.95. The second kappa shape index (κ2) is 6.21. The largest absolute Gasteiger partial charge is 0.477 e. The number of rotatable bonds is 2. The van der Waals surface area contributed by atoms with Crippen molar-refractivity contribution >= 4 is 28.7 Å². The van der Waals surface area contributed by atoms with Crippen molar-refractivity contribution in [3.8, 4) is 6.07 Å². The van der Waals surface area contributed by atoms with Crippen molar-refractivity contribution in [2.24, 2.45) is 0 Å². The fourth-order valence-electron chi connectivity index (χ4n) is 4.57. The summed E-state index contributed by atoms with van der Waals surface area (Å²) in [5.74, 6) is -1.37. The van der Waals surface area contributed by atoms with Gasteiger partial charge in [0, 0.05) is 29.7 Å². The van der Waals surface area contributed by atoms with E-state index in [4.69, 9.17) is 14.8 Å². The molecule has 1 aromatic heterocycles. The Morgan fingerprint density at radius 3 is 2.48 bits per heavy atom. The fourth-order valence-corrected chi connectivity index (χ4v) is 4.57. The summed E-state index contributed by atoms with van der Waals surface area (Å²) in [6.07, 6.45) is 3.08. The smallest absolute Gasteiger partial charge is 0.346 e. The van der Waals surface area contributed by atoms with Crippen LogP contribution in [0.4, 0.5) is 5.69 Å². The van der Waals surface area contributed by atoms with Crippen LogP contribution >= 0.6 is 0 Å². The van der Waals surface area contributed by atoms with Crippen LogP contribution < -0.4 is 10.5 Å². The van der Waals surface area contributed by atoms with E-state index in [-0.39, 0.29) is 16.4 Å². The van der Waals surface area contributed by atoms with E-state index in [2.05, 4.69) is 38.7 Å². The highest BCUT2D eigenvalue weighted by Gasteiger charge is 2.41. The SMILES string of the molecule is CC1(C)CCN2CCC(C)(C)c3c2c1cc1cc(/C=C(/C#N)C(=O)O)c(=O)oc31. The fraction of sp³-hybridized carbons (Fsp3) is 0.435. The average Bonchev–Trinajstić information content (AvgIpc) is 2.63. The van der Waals surface area contributed by atoms with Crippen LogP contribution in [-0.2, 0) is 15.6 Å². The van der Waals surface area contributed by atoms with E-state index in [1.54, 1.807) is 12.1 Å². The minimum atomic E-state index is -1.37. The van der Waals surface area contributed by atoms with Gasteiger partial charge in [0.05, 0.1) is 5.56 Å². The topological polar surface area (TPSA) is 94.5 Å². The van der Waals surface area contributed by atoms with E-state index in [0.29, 0.717) is 5.58 Å². The molecule has 6 heteroatoms. The normalized spacial score (nSPS) is 19.6. The van der Waals surface area contributed by atoms with E-state index in [9.17, 15) is 9.59 Å². The van der Waals surface area contributed by atoms with Gasteiger partial charge in [-0.3, -0.25) is 0 Å². The zero-order valence-electron chi connectivity index (χ0n) is 17.1. The van der Waals surface area contributed by atoms with Crippen molar-refractivity contribution in [2.75, 3.05) is 18.0 Å². The minimum absolute atomic E-state index is 0.0206. The molecule has 0 saturated carbocycles. The lowest BCUT2D eigenvalue weighted by Gasteiger charge is -2.48. The summed E-state index contributed by atoms with van der Waals surface area (Å²) in [7, 11) is 0. The van der Waals surface area contributed by atoms with Crippen LogP contribution in [0.25, 0.3) is 17.0 Å². The Balaban J connectivity index is 2.09. The molecule has 0 aliphatic carbocycles. The van der Waals surface area contributed by atoms with Crippen molar-refractivity contribution in [3.05, 3.63) is 44.8 Å². The highest BCUT2D eigenvalue weighted by Crippen LogP contribution is 2.51. The number of fused-ring (bicyclic) bond motifs is 2. The van der Waals surface area contributed by atoms with Crippen LogP contribution in [-0.4, -0.2) is 24.2 Å². The molecule has 0 radical (unpaired) electrons. The number of nitrogens with zero attached hydrogens (tertiary/aromatic N) is 2. The summed E-state index contributed by atoms with van der Waals surface area (Å²) in [5, 5.41) is 18.9. The van der Waals surface area contributed by atoms with Crippen molar-refractivity contribution in [3.63, 3.8) is 0 Å². The number of hydrogen-bond acceptors (Lipinski definition) is 5. The maximum atomic E-state index is 12.7. The molecule has 0 spiro atoms. The lowest BCUT2D eigenvalue weighted by molar-refractivity contribution is -0.132. The Morgan fingerprint density at radius 1 is 1.21 bits per heavy atom. The van der Waals surface area contributed by atoms with Gasteiger partial charge >= 0.3 is 11.6 Å². The van der Waals surface area contributed by atoms with Gasteiger partial charge in [-0.25, -0.2) is 9.59 Å². The van der Waals surface area contributed by atoms with Crippen LogP contribution in [0.2, 0.25) is 0 Å². The van der Waals surface area contributed by atoms with Gasteiger partial charge in [-0.05, 0) is 47.4 Å². The van der Waals surface area contributed by atoms with Gasteiger partial charge < -0.3 is 14.4 Å². The Bertz CT molecular complexity index is 1180. The predicted molar refractivity (Wildman–Crippen MR) is 111 cm³/mol. The maximum absolute atomic E-state index is 12.7. The molecule has 4 rings (SSSR count). The van der Waals surface area contributed by atoms with E-state index in [1.807, 2.05) is 0 Å². The number of nitriles is 1. The molecule has 1 N–H and O–H groups in total. The summed E-state index contributed by atoms with van der Waals surface area (Å²) in [5.41, 5.74) is 2.78. The van der Waals surface area contributed by atoms with Crippen LogP contribution in [0, 0.1) is 11.3 Å². The molecule has 0 fully saturated rings. The van der Waals surface area contributed by atoms with Crippen molar-refractivity contribution in [1.29, 1.82) is 5.26 Å². The molecule has 0 saturated heterocycles. The molecule has 0 amide bonds. The first-order valence-electron chi connectivity index (χ1n) is 9.81. The van der Waals surface area contributed by atoms with Crippen molar-refractivity contribution < 1.29 is 14.3 Å². The van der Waals surface area contributed by atoms with Gasteiger partial charge in [0.25, 0.3) is 0 Å². The van der Waals surface area contributed by atoms with Gasteiger partial charge in [0.2, 0.25) is 0 Å². The summed E-state index contributed by atoms with van der Waals surface area (Å²) in [6.45, 7) is 10.8. The average molecular weight is 392 g/mol. The summed E-state index contributed by atoms with van der Waals surface area (Å²) in [6, 6.07) is 5.33. The molecule has 0 atom stereocenters. The van der Waals surface area contributed by atoms with Crippen LogP contribution in [0.1, 0.15) is 57.2 Å². The Hall–Kier alpha value is -3.07. The highest BCUT2D eigenvalue weighted by molar-refractivity contribution is 5.97. The first kappa shape index (κ1) is 19.3. The van der Waals surface area contributed by atoms with Gasteiger partial charge in [0.1, 0.15) is 17.2 Å². The summed E-state index contributed by atoms with van der Waals surface area (Å²) in [4.78, 5) is 26.2. The number of hydrogen-bond donors (Lipinski definition) is 1. The lowest BCUT2D eigenvalue weighted by atomic mass is 9.69. The van der Waals surface area contributed by atoms with Crippen LogP contribution in [0.5, 0.6) is 0 Å². The van der Waals surface area contributed by atoms with Gasteiger partial charge in [0.15, 0.2) is 0 Å². The third kappa shape index (κ3) is 2.93. The van der Waals surface area contributed by atoms with E-state index in [0.717, 1.165) is 43.0 Å². The highest BCUT2D eigenvalue weighted by atomic mass is 16.4. The standard InChI is InChI=1S/C23H24N2O4/c1-22(2)5-7-25-8-6-23(3,4)17-18(25)16(22)11-13-9-14(21(28)29-19(13)17)10-15(12-24)20(26)27/h9-11H,5-8H2,1-4H3,(H,26,27)/b15-10-. The molecule has 6 nitrogen and oxygen atoms in total. The van der Waals surface area contributed by atoms with Crippen LogP contribution in [0.15, 0.2) is 26.9 Å². The number of carbonyl (C=O) groups is 1. The van der Waals surface area contributed by atoms with E-state index >= 15 is 0 Å². The molecular weight excluding hydrogens is 368 g/mol. The Kier molecular flexibility index (Phi) is 4.13. The first-order valence-corrected chi connectivity index (χ1v) is 9.81. The number of carboxylic acids is 1. The molecule has 0 unspecified atom stereocenters. The van der Waals surface area contributed by atoms with E-state index in [1.165, 1.54) is 11.3 Å². The Labute approximate surface area is 169 Å².